The van der Waals surface area contributed by atoms with Crippen LogP contribution < -0.4 is 14.8 Å². The van der Waals surface area contributed by atoms with E-state index < -0.39 is 0 Å². The highest BCUT2D eigenvalue weighted by Crippen LogP contribution is 2.35. The molecule has 0 aliphatic carbocycles. The third-order valence-corrected chi connectivity index (χ3v) is 6.89. The number of carbonyl (C=O) groups is 1. The number of rotatable bonds is 9. The van der Waals surface area contributed by atoms with Gasteiger partial charge >= 0.3 is 0 Å². The van der Waals surface area contributed by atoms with Crippen molar-refractivity contribution < 1.29 is 14.3 Å². The molecule has 0 aliphatic rings. The van der Waals surface area contributed by atoms with E-state index >= 15 is 0 Å². The number of ether oxygens (including phenoxy) is 2. The summed E-state index contributed by atoms with van der Waals surface area (Å²) in [5, 5.41) is 14.1. The van der Waals surface area contributed by atoms with Gasteiger partial charge < -0.3 is 14.8 Å². The van der Waals surface area contributed by atoms with E-state index in [2.05, 4.69) is 15.5 Å². The van der Waals surface area contributed by atoms with Crippen LogP contribution in [0.25, 0.3) is 16.4 Å². The van der Waals surface area contributed by atoms with Gasteiger partial charge in [-0.15, -0.1) is 21.5 Å². The zero-order valence-electron chi connectivity index (χ0n) is 18.5. The van der Waals surface area contributed by atoms with Gasteiger partial charge in [0.1, 0.15) is 11.5 Å². The molecule has 2 aromatic heterocycles. The van der Waals surface area contributed by atoms with Crippen LogP contribution in [-0.2, 0) is 11.3 Å². The summed E-state index contributed by atoms with van der Waals surface area (Å²) in [6, 6.07) is 19.3. The van der Waals surface area contributed by atoms with Gasteiger partial charge in [-0.05, 0) is 48.2 Å². The molecule has 1 N–H and O–H groups in total. The van der Waals surface area contributed by atoms with Crippen molar-refractivity contribution >= 4 is 29.0 Å². The third-order valence-electron chi connectivity index (χ3n) is 4.98. The second-order valence-corrected chi connectivity index (χ2v) is 9.37. The smallest absolute Gasteiger partial charge is 0.233 e. The van der Waals surface area contributed by atoms with Crippen molar-refractivity contribution in [1.29, 1.82) is 0 Å². The van der Waals surface area contributed by atoms with Crippen LogP contribution in [0.1, 0.15) is 12.5 Å². The maximum Gasteiger partial charge on any atom is 0.233 e. The van der Waals surface area contributed by atoms with Crippen LogP contribution in [0.3, 0.4) is 0 Å². The lowest BCUT2D eigenvalue weighted by atomic mass is 10.2. The van der Waals surface area contributed by atoms with E-state index in [1.54, 1.807) is 25.6 Å². The molecule has 2 aromatic carbocycles. The molecule has 4 aromatic rings. The van der Waals surface area contributed by atoms with E-state index in [4.69, 9.17) is 9.47 Å². The zero-order chi connectivity index (χ0) is 23.2. The summed E-state index contributed by atoms with van der Waals surface area (Å²) in [5.74, 6) is 2.12. The minimum Gasteiger partial charge on any atom is -0.497 e. The van der Waals surface area contributed by atoms with Crippen LogP contribution in [0.2, 0.25) is 0 Å². The first-order valence-electron chi connectivity index (χ1n) is 10.3. The summed E-state index contributed by atoms with van der Waals surface area (Å²) < 4.78 is 12.7. The predicted molar refractivity (Wildman–Crippen MR) is 131 cm³/mol. The Kier molecular flexibility index (Phi) is 7.31. The number of carbonyl (C=O) groups excluding carboxylic acids is 1. The van der Waals surface area contributed by atoms with Gasteiger partial charge in [0.15, 0.2) is 11.0 Å². The minimum absolute atomic E-state index is 0.0805. The Morgan fingerprint density at radius 1 is 1.06 bits per heavy atom. The number of nitrogens with zero attached hydrogens (tertiary/aromatic N) is 3. The zero-order valence-corrected chi connectivity index (χ0v) is 20.2. The van der Waals surface area contributed by atoms with Crippen molar-refractivity contribution in [3.63, 3.8) is 0 Å². The van der Waals surface area contributed by atoms with Crippen LogP contribution in [0, 0.1) is 0 Å². The van der Waals surface area contributed by atoms with Gasteiger partial charge in [-0.2, -0.15) is 0 Å². The number of methoxy groups -OCH3 is 2. The van der Waals surface area contributed by atoms with E-state index in [1.165, 1.54) is 11.8 Å². The average Bonchev–Trinajstić information content (AvgIpc) is 3.52. The number of amides is 1. The van der Waals surface area contributed by atoms with Crippen LogP contribution in [0.4, 0.5) is 0 Å². The van der Waals surface area contributed by atoms with Crippen LogP contribution in [0.15, 0.2) is 71.2 Å². The topological polar surface area (TPSA) is 78.3 Å². The number of thiophene rings is 1. The maximum atomic E-state index is 12.8. The fourth-order valence-corrected chi connectivity index (χ4v) is 4.81. The largest absolute Gasteiger partial charge is 0.497 e. The van der Waals surface area contributed by atoms with Gasteiger partial charge in [0.2, 0.25) is 5.91 Å². The molecule has 0 radical (unpaired) electrons. The monoisotopic (exact) mass is 480 g/mol. The summed E-state index contributed by atoms with van der Waals surface area (Å²) in [5.41, 5.74) is 1.82. The summed E-state index contributed by atoms with van der Waals surface area (Å²) in [7, 11) is 3.26. The van der Waals surface area contributed by atoms with Crippen LogP contribution in [-0.4, -0.2) is 40.1 Å². The predicted octanol–water partition coefficient (Wildman–Crippen LogP) is 4.81. The lowest BCUT2D eigenvalue weighted by Gasteiger charge is -2.15. The Morgan fingerprint density at radius 3 is 2.55 bits per heavy atom. The summed E-state index contributed by atoms with van der Waals surface area (Å²) in [6.07, 6.45) is 0. The average molecular weight is 481 g/mol. The normalized spacial score (nSPS) is 11.7. The molecule has 0 unspecified atom stereocenters. The number of para-hydroxylation sites is 2. The molecular formula is C24H24N4O3S2. The molecule has 0 saturated carbocycles. The summed E-state index contributed by atoms with van der Waals surface area (Å²) >= 11 is 2.94. The molecule has 0 fully saturated rings. The fourth-order valence-electron chi connectivity index (χ4n) is 3.23. The summed E-state index contributed by atoms with van der Waals surface area (Å²) in [6.45, 7) is 2.30. The molecule has 1 atom stereocenters. The third kappa shape index (κ3) is 5.20. The van der Waals surface area contributed by atoms with Gasteiger partial charge in [-0.3, -0.25) is 9.36 Å². The maximum absolute atomic E-state index is 12.8. The first-order valence-corrected chi connectivity index (χ1v) is 12.1. The van der Waals surface area contributed by atoms with Crippen LogP contribution >= 0.6 is 23.1 Å². The van der Waals surface area contributed by atoms with Crippen molar-refractivity contribution in [2.24, 2.45) is 0 Å². The molecule has 33 heavy (non-hydrogen) atoms. The molecule has 0 bridgehead atoms. The van der Waals surface area contributed by atoms with Crippen molar-refractivity contribution in [2.75, 3.05) is 14.2 Å². The molecule has 0 aliphatic heterocycles. The minimum atomic E-state index is -0.378. The Bertz CT molecular complexity index is 1210. The van der Waals surface area contributed by atoms with Gasteiger partial charge in [0, 0.05) is 6.54 Å². The van der Waals surface area contributed by atoms with Crippen LogP contribution in [0.5, 0.6) is 11.5 Å². The van der Waals surface area contributed by atoms with Gasteiger partial charge in [0.05, 0.1) is 30.0 Å². The number of hydrogen-bond donors (Lipinski definition) is 1. The van der Waals surface area contributed by atoms with E-state index in [0.717, 1.165) is 21.9 Å². The van der Waals surface area contributed by atoms with E-state index in [1.807, 2.05) is 77.5 Å². The molecule has 9 heteroatoms. The first kappa shape index (κ1) is 22.9. The quantitative estimate of drug-likeness (QED) is 0.347. The SMILES string of the molecule is COc1ccc(CNC(=O)[C@H](C)Sc2nnc(-c3cccs3)n2-c2ccccc2OC)cc1. The molecule has 1 amide bonds. The first-order chi connectivity index (χ1) is 16.1. The molecule has 170 valence electrons. The Balaban J connectivity index is 1.55. The fraction of sp³-hybridized carbons (Fsp3) is 0.208. The van der Waals surface area contributed by atoms with E-state index in [0.29, 0.717) is 23.3 Å². The second kappa shape index (κ2) is 10.5. The number of benzene rings is 2. The number of aromatic nitrogens is 3. The lowest BCUT2D eigenvalue weighted by molar-refractivity contribution is -0.120. The van der Waals surface area contributed by atoms with E-state index in [-0.39, 0.29) is 11.2 Å². The number of thioether (sulfide) groups is 1. The van der Waals surface area contributed by atoms with Gasteiger partial charge in [-0.1, -0.05) is 42.1 Å². The van der Waals surface area contributed by atoms with Crippen molar-refractivity contribution in [1.82, 2.24) is 20.1 Å². The van der Waals surface area contributed by atoms with Crippen molar-refractivity contribution in [3.05, 3.63) is 71.6 Å². The highest BCUT2D eigenvalue weighted by molar-refractivity contribution is 8.00. The second-order valence-electron chi connectivity index (χ2n) is 7.12. The number of nitrogens with one attached hydrogen (secondary N) is 1. The van der Waals surface area contributed by atoms with Crippen molar-refractivity contribution in [3.8, 4) is 27.9 Å². The molecule has 0 saturated heterocycles. The molecular weight excluding hydrogens is 456 g/mol. The Morgan fingerprint density at radius 2 is 1.85 bits per heavy atom. The van der Waals surface area contributed by atoms with E-state index in [9.17, 15) is 4.79 Å². The molecule has 4 rings (SSSR count). The standard InChI is InChI=1S/C24H24N4O3S2/c1-16(23(29)25-15-17-10-12-18(30-2)13-11-17)33-24-27-26-22(21-9-6-14-32-21)28(24)19-7-4-5-8-20(19)31-3/h4-14,16H,15H2,1-3H3,(H,25,29)/t16-/m0/s1. The molecule has 0 spiro atoms. The number of hydrogen-bond acceptors (Lipinski definition) is 7. The lowest BCUT2D eigenvalue weighted by Crippen LogP contribution is -2.30. The highest BCUT2D eigenvalue weighted by atomic mass is 32.2. The molecule has 2 heterocycles. The highest BCUT2D eigenvalue weighted by Gasteiger charge is 2.23. The van der Waals surface area contributed by atoms with Gasteiger partial charge in [0.25, 0.3) is 0 Å². The Hall–Kier alpha value is -3.30. The van der Waals surface area contributed by atoms with Crippen molar-refractivity contribution in [2.45, 2.75) is 23.9 Å². The van der Waals surface area contributed by atoms with Gasteiger partial charge in [-0.25, -0.2) is 0 Å². The Labute approximate surface area is 200 Å². The summed E-state index contributed by atoms with van der Waals surface area (Å²) in [4.78, 5) is 13.8. The molecule has 7 nitrogen and oxygen atoms in total.